The average molecular weight is 167 g/mol. The van der Waals surface area contributed by atoms with Crippen LogP contribution in [-0.2, 0) is 0 Å². The summed E-state index contributed by atoms with van der Waals surface area (Å²) in [7, 11) is 0. The number of rotatable bonds is 0. The van der Waals surface area contributed by atoms with Crippen LogP contribution in [0.15, 0.2) is 0 Å². The molecule has 12 heavy (non-hydrogen) atoms. The number of hydrogen-bond donors (Lipinski definition) is 1. The van der Waals surface area contributed by atoms with Crippen LogP contribution in [0.4, 0.5) is 0 Å². The van der Waals surface area contributed by atoms with Gasteiger partial charge in [0, 0.05) is 12.6 Å². The lowest BCUT2D eigenvalue weighted by atomic mass is 9.86. The molecule has 2 unspecified atom stereocenters. The molecule has 1 aliphatic heterocycles. The zero-order chi connectivity index (χ0) is 8.60. The smallest absolute Gasteiger partial charge is 0.00955 e. The van der Waals surface area contributed by atoms with Crippen LogP contribution in [0.3, 0.4) is 0 Å². The molecule has 1 heteroatoms. The summed E-state index contributed by atoms with van der Waals surface area (Å²) < 4.78 is 0. The maximum Gasteiger partial charge on any atom is 0.00955 e. The molecule has 1 heterocycles. The highest BCUT2D eigenvalue weighted by Crippen LogP contribution is 2.36. The van der Waals surface area contributed by atoms with Crippen molar-refractivity contribution < 1.29 is 0 Å². The van der Waals surface area contributed by atoms with Gasteiger partial charge in [-0.05, 0) is 37.0 Å². The zero-order valence-corrected chi connectivity index (χ0v) is 8.40. The van der Waals surface area contributed by atoms with E-state index >= 15 is 0 Å². The van der Waals surface area contributed by atoms with Gasteiger partial charge in [-0.2, -0.15) is 0 Å². The van der Waals surface area contributed by atoms with Crippen molar-refractivity contribution in [1.82, 2.24) is 5.32 Å². The third kappa shape index (κ3) is 1.66. The summed E-state index contributed by atoms with van der Waals surface area (Å²) in [6, 6.07) is 0.867. The Morgan fingerprint density at radius 2 is 2.00 bits per heavy atom. The predicted octanol–water partition coefficient (Wildman–Crippen LogP) is 2.56. The molecule has 0 spiro atoms. The fourth-order valence-electron chi connectivity index (χ4n) is 2.72. The van der Waals surface area contributed by atoms with Crippen LogP contribution in [0.25, 0.3) is 0 Å². The van der Waals surface area contributed by atoms with Crippen LogP contribution < -0.4 is 5.32 Å². The van der Waals surface area contributed by atoms with Crippen molar-refractivity contribution in [1.29, 1.82) is 0 Å². The molecule has 1 N–H and O–H groups in total. The molecule has 1 saturated carbocycles. The second-order valence-electron chi connectivity index (χ2n) is 5.38. The van der Waals surface area contributed by atoms with Crippen LogP contribution >= 0.6 is 0 Å². The first kappa shape index (κ1) is 8.55. The van der Waals surface area contributed by atoms with Crippen LogP contribution in [0, 0.1) is 11.3 Å². The van der Waals surface area contributed by atoms with Gasteiger partial charge in [-0.15, -0.1) is 0 Å². The van der Waals surface area contributed by atoms with E-state index in [1.54, 1.807) is 0 Å². The van der Waals surface area contributed by atoms with E-state index in [1.807, 2.05) is 0 Å². The quantitative estimate of drug-likeness (QED) is 0.584. The Kier molecular flexibility index (Phi) is 2.16. The highest BCUT2D eigenvalue weighted by Gasteiger charge is 2.33. The van der Waals surface area contributed by atoms with Crippen LogP contribution in [-0.4, -0.2) is 12.6 Å². The molecular formula is C11H21N. The third-order valence-electron chi connectivity index (χ3n) is 3.69. The van der Waals surface area contributed by atoms with Gasteiger partial charge in [0.15, 0.2) is 0 Å². The van der Waals surface area contributed by atoms with E-state index in [-0.39, 0.29) is 0 Å². The van der Waals surface area contributed by atoms with Crippen LogP contribution in [0.2, 0.25) is 0 Å². The first-order valence-corrected chi connectivity index (χ1v) is 5.41. The number of hydrogen-bond acceptors (Lipinski definition) is 1. The van der Waals surface area contributed by atoms with Gasteiger partial charge in [0.25, 0.3) is 0 Å². The Bertz CT molecular complexity index is 146. The lowest BCUT2D eigenvalue weighted by molar-refractivity contribution is 0.324. The zero-order valence-electron chi connectivity index (χ0n) is 8.40. The molecule has 0 aromatic heterocycles. The minimum Gasteiger partial charge on any atom is -0.313 e. The molecule has 1 nitrogen and oxygen atoms in total. The maximum atomic E-state index is 3.73. The van der Waals surface area contributed by atoms with Crippen molar-refractivity contribution in [3.05, 3.63) is 0 Å². The van der Waals surface area contributed by atoms with Gasteiger partial charge in [0.2, 0.25) is 0 Å². The van der Waals surface area contributed by atoms with E-state index in [1.165, 1.54) is 38.6 Å². The summed E-state index contributed by atoms with van der Waals surface area (Å²) in [6.45, 7) is 6.01. The van der Waals surface area contributed by atoms with E-state index in [0.29, 0.717) is 5.41 Å². The molecule has 0 aromatic carbocycles. The van der Waals surface area contributed by atoms with E-state index in [2.05, 4.69) is 19.2 Å². The Morgan fingerprint density at radius 3 is 2.83 bits per heavy atom. The van der Waals surface area contributed by atoms with Crippen LogP contribution in [0.5, 0.6) is 0 Å². The fraction of sp³-hybridized carbons (Fsp3) is 1.00. The molecular weight excluding hydrogens is 146 g/mol. The van der Waals surface area contributed by atoms with Crippen molar-refractivity contribution >= 4 is 0 Å². The number of nitrogens with one attached hydrogen (secondary N) is 1. The van der Waals surface area contributed by atoms with Crippen LogP contribution in [0.1, 0.15) is 46.0 Å². The van der Waals surface area contributed by atoms with Gasteiger partial charge in [0.1, 0.15) is 0 Å². The Labute approximate surface area is 75.9 Å². The molecule has 1 aliphatic carbocycles. The summed E-state index contributed by atoms with van der Waals surface area (Å²) in [4.78, 5) is 0. The lowest BCUT2D eigenvalue weighted by Gasteiger charge is -2.22. The highest BCUT2D eigenvalue weighted by molar-refractivity contribution is 4.89. The Balaban J connectivity index is 1.99. The molecule has 0 aromatic rings. The van der Waals surface area contributed by atoms with Gasteiger partial charge in [-0.3, -0.25) is 0 Å². The fourth-order valence-corrected chi connectivity index (χ4v) is 2.72. The minimum absolute atomic E-state index is 0.546. The third-order valence-corrected chi connectivity index (χ3v) is 3.69. The second-order valence-corrected chi connectivity index (χ2v) is 5.38. The van der Waals surface area contributed by atoms with Gasteiger partial charge < -0.3 is 5.32 Å². The topological polar surface area (TPSA) is 12.0 Å². The minimum atomic E-state index is 0.546. The molecule has 2 fully saturated rings. The summed E-state index contributed by atoms with van der Waals surface area (Å²) in [6.07, 6.45) is 7.25. The molecule has 0 bridgehead atoms. The van der Waals surface area contributed by atoms with Gasteiger partial charge in [0.05, 0.1) is 0 Å². The van der Waals surface area contributed by atoms with Gasteiger partial charge in [-0.25, -0.2) is 0 Å². The monoisotopic (exact) mass is 167 g/mol. The number of fused-ring (bicyclic) bond motifs is 1. The standard InChI is InChI=1S/C11H21N/c1-11(2)7-6-9-4-3-5-10(9)12-8-11/h9-10,12H,3-8H2,1-2H3. The van der Waals surface area contributed by atoms with E-state index in [0.717, 1.165) is 12.0 Å². The van der Waals surface area contributed by atoms with Crippen molar-refractivity contribution in [2.45, 2.75) is 52.0 Å². The predicted molar refractivity (Wildman–Crippen MR) is 52.1 cm³/mol. The molecule has 2 aliphatic rings. The first-order valence-electron chi connectivity index (χ1n) is 5.41. The van der Waals surface area contributed by atoms with Gasteiger partial charge in [-0.1, -0.05) is 20.3 Å². The Hall–Kier alpha value is -0.0400. The molecule has 0 amide bonds. The van der Waals surface area contributed by atoms with Crippen molar-refractivity contribution in [2.75, 3.05) is 6.54 Å². The largest absolute Gasteiger partial charge is 0.313 e. The summed E-state index contributed by atoms with van der Waals surface area (Å²) in [5, 5.41) is 3.73. The van der Waals surface area contributed by atoms with E-state index in [4.69, 9.17) is 0 Å². The average Bonchev–Trinajstić information content (AvgIpc) is 2.40. The molecule has 2 rings (SSSR count). The van der Waals surface area contributed by atoms with E-state index < -0.39 is 0 Å². The first-order chi connectivity index (χ1) is 5.67. The molecule has 70 valence electrons. The lowest BCUT2D eigenvalue weighted by Crippen LogP contribution is -2.35. The van der Waals surface area contributed by atoms with Crippen molar-refractivity contribution in [3.8, 4) is 0 Å². The second kappa shape index (κ2) is 3.02. The van der Waals surface area contributed by atoms with Gasteiger partial charge >= 0.3 is 0 Å². The highest BCUT2D eigenvalue weighted by atomic mass is 14.9. The molecule has 0 radical (unpaired) electrons. The molecule has 1 saturated heterocycles. The molecule has 2 atom stereocenters. The SMILES string of the molecule is CC1(C)CCC2CCCC2NC1. The summed E-state index contributed by atoms with van der Waals surface area (Å²) in [5.41, 5.74) is 0.546. The Morgan fingerprint density at radius 1 is 1.17 bits per heavy atom. The normalized spacial score (nSPS) is 40.5. The summed E-state index contributed by atoms with van der Waals surface area (Å²) in [5.74, 6) is 1.01. The van der Waals surface area contributed by atoms with Crippen molar-refractivity contribution in [2.24, 2.45) is 11.3 Å². The summed E-state index contributed by atoms with van der Waals surface area (Å²) >= 11 is 0. The van der Waals surface area contributed by atoms with Crippen molar-refractivity contribution in [3.63, 3.8) is 0 Å². The maximum absolute atomic E-state index is 3.73. The van der Waals surface area contributed by atoms with E-state index in [9.17, 15) is 0 Å².